The lowest BCUT2D eigenvalue weighted by atomic mass is 9.35. The molecule has 8 heteroatoms. The van der Waals surface area contributed by atoms with Crippen molar-refractivity contribution in [1.29, 1.82) is 0 Å². The highest BCUT2D eigenvalue weighted by Gasteiger charge is 2.40. The first-order valence-corrected chi connectivity index (χ1v) is 25.7. The third kappa shape index (κ3) is 7.51. The Labute approximate surface area is 466 Å². The zero-order chi connectivity index (χ0) is 60.8. The summed E-state index contributed by atoms with van der Waals surface area (Å²) in [5.74, 6) is 4.92. The molecule has 15 rings (SSSR count). The van der Waals surface area contributed by atoms with Gasteiger partial charge in [-0.1, -0.05) is 172 Å². The molecule has 0 radical (unpaired) electrons. The molecule has 0 fully saturated rings. The van der Waals surface area contributed by atoms with Gasteiger partial charge in [-0.15, -0.1) is 0 Å². The van der Waals surface area contributed by atoms with Crippen LogP contribution in [-0.4, -0.2) is 20.8 Å². The van der Waals surface area contributed by atoms with Crippen LogP contribution in [0.3, 0.4) is 0 Å². The van der Waals surface area contributed by atoms with E-state index >= 15 is 0 Å². The Bertz CT molecular complexity index is 4960. The predicted molar refractivity (Wildman–Crippen MR) is 315 cm³/mol. The lowest BCUT2D eigenvalue weighted by molar-refractivity contribution is -0.571. The van der Waals surface area contributed by atoms with Crippen LogP contribution in [0.2, 0.25) is 0 Å². The Morgan fingerprint density at radius 3 is 1.90 bits per heavy atom. The first-order chi connectivity index (χ1) is 42.4. The summed E-state index contributed by atoms with van der Waals surface area (Å²) in [6, 6.07) is 51.7. The van der Waals surface area contributed by atoms with Crippen molar-refractivity contribution in [1.82, 2.24) is 14.1 Å². The van der Waals surface area contributed by atoms with Gasteiger partial charge in [0, 0.05) is 28.5 Å². The summed E-state index contributed by atoms with van der Waals surface area (Å²) in [6.45, 7) is 6.50. The number of nitrogens with zero attached hydrogens (tertiary/aromatic N) is 4. The monoisotopic (exact) mass is 1010 g/mol. The third-order valence-electron chi connectivity index (χ3n) is 14.9. The molecule has 0 saturated carbocycles. The molecule has 5 heterocycles. The van der Waals surface area contributed by atoms with E-state index in [0.717, 1.165) is 83.7 Å². The number of aromatic nitrogens is 4. The van der Waals surface area contributed by atoms with Crippen molar-refractivity contribution in [2.75, 3.05) is 0 Å². The van der Waals surface area contributed by atoms with E-state index in [-0.39, 0.29) is 40.1 Å². The van der Waals surface area contributed by atoms with E-state index in [1.807, 2.05) is 103 Å². The molecule has 0 spiro atoms. The average Bonchev–Trinajstić information content (AvgIpc) is 1.12. The molecule has 13 aromatic rings. The SMILES string of the molecule is [2H]c1c([2H])c([2H])c(-c2cccc(-c3c([2H])c([2H])c([2H])c([2H])c3[2H])c2-[n+]2[c-]n(-c3cccc(Oc4ccc5c6cc(-c7cc8c9c(c7)Oc7ccccc7B9c7ccccc7O8)ccc6n(-c6cc(C(C)(C)C)ccn6)c5c4)c3)c3ccccc32)c([2H])c1[2H]. The van der Waals surface area contributed by atoms with Crippen LogP contribution < -0.4 is 35.2 Å². The van der Waals surface area contributed by atoms with E-state index in [4.69, 9.17) is 32.9 Å². The first-order valence-electron chi connectivity index (χ1n) is 30.7. The van der Waals surface area contributed by atoms with Crippen molar-refractivity contribution in [3.63, 3.8) is 0 Å². The number of para-hydroxylation sites is 5. The standard InChI is InChI=1S/C70H49BN4O3/c1-70(2,3)49-36-37-72-67(41-49)75-59-35-32-47(48-39-65-68-66(40-48)78-64-31-15-11-27-58(64)71(68)57-26-10-14-30-63(57)77-65)38-56(59)55-34-33-52(43-62(55)75)76-51-23-16-22-50(42-51)73-44-74(61-29-13-12-28-60(61)73)69-53(45-18-6-4-7-19-45)24-17-25-54(69)46-20-8-5-9-21-46/h4-43H,1-3H3/i4D,5D,6D,7D,8D,9D,18D,19D,20D,21D. The summed E-state index contributed by atoms with van der Waals surface area (Å²) < 4.78 is 114. The van der Waals surface area contributed by atoms with E-state index in [0.29, 0.717) is 28.2 Å². The maximum atomic E-state index is 9.10. The Balaban J connectivity index is 0.858. The lowest BCUT2D eigenvalue weighted by Crippen LogP contribution is -2.57. The Morgan fingerprint density at radius 1 is 0.538 bits per heavy atom. The highest BCUT2D eigenvalue weighted by molar-refractivity contribution is 6.98. The smallest absolute Gasteiger partial charge is 0.269 e. The van der Waals surface area contributed by atoms with Crippen molar-refractivity contribution < 1.29 is 32.5 Å². The van der Waals surface area contributed by atoms with Crippen molar-refractivity contribution in [2.45, 2.75) is 26.2 Å². The molecule has 10 aromatic carbocycles. The van der Waals surface area contributed by atoms with Crippen LogP contribution in [0.4, 0.5) is 0 Å². The van der Waals surface area contributed by atoms with E-state index in [1.165, 1.54) is 0 Å². The van der Waals surface area contributed by atoms with Crippen LogP contribution in [0, 0.1) is 6.33 Å². The van der Waals surface area contributed by atoms with Crippen molar-refractivity contribution in [3.8, 4) is 85.1 Å². The molecule has 0 aliphatic carbocycles. The predicted octanol–water partition coefficient (Wildman–Crippen LogP) is 15.0. The van der Waals surface area contributed by atoms with Crippen LogP contribution in [0.1, 0.15) is 40.0 Å². The van der Waals surface area contributed by atoms with Crippen LogP contribution in [-0.2, 0) is 5.41 Å². The molecule has 3 aromatic heterocycles. The van der Waals surface area contributed by atoms with Crippen LogP contribution in [0.15, 0.2) is 243 Å². The van der Waals surface area contributed by atoms with Gasteiger partial charge in [-0.25, -0.2) is 4.98 Å². The van der Waals surface area contributed by atoms with Gasteiger partial charge in [-0.05, 0) is 134 Å². The molecule has 2 aliphatic rings. The molecule has 7 nitrogen and oxygen atoms in total. The molecular weight excluding hydrogens is 956 g/mol. The second kappa shape index (κ2) is 17.9. The fourth-order valence-electron chi connectivity index (χ4n) is 11.3. The second-order valence-electron chi connectivity index (χ2n) is 20.6. The van der Waals surface area contributed by atoms with E-state index < -0.39 is 60.4 Å². The number of imidazole rings is 1. The fourth-order valence-corrected chi connectivity index (χ4v) is 11.3. The number of hydrogen-bond donors (Lipinski definition) is 0. The van der Waals surface area contributed by atoms with E-state index in [9.17, 15) is 0 Å². The highest BCUT2D eigenvalue weighted by Crippen LogP contribution is 2.42. The summed E-state index contributed by atoms with van der Waals surface area (Å²) in [6.07, 6.45) is 5.32. The average molecular weight is 1020 g/mol. The first kappa shape index (κ1) is 36.1. The minimum absolute atomic E-state index is 0.0440. The van der Waals surface area contributed by atoms with Gasteiger partial charge in [-0.2, -0.15) is 0 Å². The molecule has 370 valence electrons. The Hall–Kier alpha value is -9.92. The molecule has 0 atom stereocenters. The van der Waals surface area contributed by atoms with Gasteiger partial charge in [0.25, 0.3) is 13.0 Å². The highest BCUT2D eigenvalue weighted by atomic mass is 16.5. The van der Waals surface area contributed by atoms with Gasteiger partial charge < -0.3 is 14.2 Å². The molecule has 0 amide bonds. The number of rotatable bonds is 8. The largest absolute Gasteiger partial charge is 0.458 e. The lowest BCUT2D eigenvalue weighted by Gasteiger charge is -2.33. The van der Waals surface area contributed by atoms with Crippen molar-refractivity contribution >= 4 is 55.9 Å². The zero-order valence-electron chi connectivity index (χ0n) is 52.4. The van der Waals surface area contributed by atoms with Gasteiger partial charge in [0.1, 0.15) is 40.3 Å². The number of benzene rings is 10. The van der Waals surface area contributed by atoms with Gasteiger partial charge in [0.15, 0.2) is 0 Å². The summed E-state index contributed by atoms with van der Waals surface area (Å²) >= 11 is 0. The minimum Gasteiger partial charge on any atom is -0.458 e. The van der Waals surface area contributed by atoms with E-state index in [2.05, 4.69) is 92.3 Å². The quantitative estimate of drug-likeness (QED) is 0.0865. The Kier molecular flexibility index (Phi) is 8.27. The molecule has 0 saturated heterocycles. The Morgan fingerprint density at radius 2 is 1.19 bits per heavy atom. The third-order valence-corrected chi connectivity index (χ3v) is 14.9. The van der Waals surface area contributed by atoms with E-state index in [1.54, 1.807) is 27.3 Å². The minimum atomic E-state index is -0.575. The van der Waals surface area contributed by atoms with Crippen molar-refractivity contribution in [2.24, 2.45) is 0 Å². The molecule has 0 bridgehead atoms. The molecule has 2 aliphatic heterocycles. The van der Waals surface area contributed by atoms with Crippen molar-refractivity contribution in [3.05, 3.63) is 254 Å². The molecule has 78 heavy (non-hydrogen) atoms. The summed E-state index contributed by atoms with van der Waals surface area (Å²) in [4.78, 5) is 4.98. The van der Waals surface area contributed by atoms with Gasteiger partial charge >= 0.3 is 0 Å². The van der Waals surface area contributed by atoms with Crippen LogP contribution in [0.5, 0.6) is 34.5 Å². The van der Waals surface area contributed by atoms with Crippen LogP contribution in [0.25, 0.3) is 83.4 Å². The topological polar surface area (TPSA) is 54.3 Å². The zero-order valence-corrected chi connectivity index (χ0v) is 42.4. The summed E-state index contributed by atoms with van der Waals surface area (Å²) in [7, 11) is 0. The maximum absolute atomic E-state index is 9.10. The van der Waals surface area contributed by atoms with Crippen LogP contribution >= 0.6 is 0 Å². The number of ether oxygens (including phenoxy) is 3. The molecule has 0 unspecified atom stereocenters. The number of hydrogen-bond acceptors (Lipinski definition) is 4. The number of pyridine rings is 1. The normalized spacial score (nSPS) is 14.3. The molecular formula is C70H49BN4O3. The summed E-state index contributed by atoms with van der Waals surface area (Å²) in [5, 5.41) is 1.97. The summed E-state index contributed by atoms with van der Waals surface area (Å²) in [5.41, 5.74) is 9.84. The molecule has 0 N–H and O–H groups in total. The van der Waals surface area contributed by atoms with Gasteiger partial charge in [0.2, 0.25) is 0 Å². The second-order valence-corrected chi connectivity index (χ2v) is 20.6. The van der Waals surface area contributed by atoms with Gasteiger partial charge in [0.05, 0.1) is 47.1 Å². The maximum Gasteiger partial charge on any atom is 0.269 e. The van der Waals surface area contributed by atoms with Gasteiger partial charge in [-0.3, -0.25) is 13.7 Å². The number of fused-ring (bicyclic) bond motifs is 8. The fraction of sp³-hybridized carbons (Fsp3) is 0.0571.